The minimum absolute atomic E-state index is 0.158. The quantitative estimate of drug-likeness (QED) is 0.772. The Balaban J connectivity index is 2.84. The van der Waals surface area contributed by atoms with Crippen molar-refractivity contribution in [1.82, 2.24) is 20.3 Å². The van der Waals surface area contributed by atoms with Crippen LogP contribution in [-0.2, 0) is 11.3 Å². The molecule has 1 heterocycles. The molecule has 1 N–H and O–H groups in total. The fourth-order valence-corrected chi connectivity index (χ4v) is 1.96. The summed E-state index contributed by atoms with van der Waals surface area (Å²) in [6, 6.07) is 0.231. The first kappa shape index (κ1) is 15.1. The van der Waals surface area contributed by atoms with Gasteiger partial charge in [0, 0.05) is 13.7 Å². The molecular weight excluding hydrogens is 228 g/mol. The number of hydrogen-bond acceptors (Lipinski definition) is 4. The highest BCUT2D eigenvalue weighted by Gasteiger charge is 2.25. The molecule has 0 bridgehead atoms. The molecule has 0 radical (unpaired) electrons. The molecule has 0 aliphatic heterocycles. The highest BCUT2D eigenvalue weighted by atomic mass is 16.5. The van der Waals surface area contributed by atoms with Gasteiger partial charge in [-0.15, -0.1) is 5.10 Å². The first-order valence-electron chi connectivity index (χ1n) is 6.71. The zero-order valence-electron chi connectivity index (χ0n) is 12.2. The van der Waals surface area contributed by atoms with Crippen LogP contribution in [0.25, 0.3) is 0 Å². The van der Waals surface area contributed by atoms with E-state index in [1.807, 2.05) is 10.9 Å². The number of nitrogens with one attached hydrogen (secondary N) is 1. The Bertz CT molecular complexity index is 349. The van der Waals surface area contributed by atoms with Gasteiger partial charge in [-0.2, -0.15) is 0 Å². The molecule has 0 aliphatic carbocycles. The molecule has 1 aromatic heterocycles. The maximum absolute atomic E-state index is 5.53. The van der Waals surface area contributed by atoms with Gasteiger partial charge in [0.15, 0.2) is 0 Å². The number of rotatable bonds is 8. The lowest BCUT2D eigenvalue weighted by Gasteiger charge is -2.29. The lowest BCUT2D eigenvalue weighted by Crippen LogP contribution is -2.33. The van der Waals surface area contributed by atoms with E-state index in [9.17, 15) is 0 Å². The monoisotopic (exact) mass is 254 g/mol. The molecule has 0 fully saturated rings. The molecule has 0 spiro atoms. The lowest BCUT2D eigenvalue weighted by atomic mass is 9.96. The average Bonchev–Trinajstić information content (AvgIpc) is 2.82. The molecule has 1 unspecified atom stereocenters. The molecule has 0 aromatic carbocycles. The largest absolute Gasteiger partial charge is 0.379 e. The fraction of sp³-hybridized carbons (Fsp3) is 0.846. The second-order valence-electron chi connectivity index (χ2n) is 5.15. The Labute approximate surface area is 110 Å². The summed E-state index contributed by atoms with van der Waals surface area (Å²) < 4.78 is 7.47. The molecule has 1 atom stereocenters. The highest BCUT2D eigenvalue weighted by molar-refractivity contribution is 5.04. The van der Waals surface area contributed by atoms with Gasteiger partial charge in [0.2, 0.25) is 0 Å². The Morgan fingerprint density at radius 3 is 2.72 bits per heavy atom. The summed E-state index contributed by atoms with van der Waals surface area (Å²) in [4.78, 5) is 0. The normalized spacial score (nSPS) is 13.8. The SMILES string of the molecule is CCCNC(CC(C)(C)OC)c1cnnn1CC. The molecule has 0 aliphatic rings. The van der Waals surface area contributed by atoms with Gasteiger partial charge in [-0.05, 0) is 40.2 Å². The van der Waals surface area contributed by atoms with E-state index in [2.05, 4.69) is 43.3 Å². The van der Waals surface area contributed by atoms with Crippen molar-refractivity contribution in [2.24, 2.45) is 0 Å². The van der Waals surface area contributed by atoms with Crippen LogP contribution in [0.5, 0.6) is 0 Å². The third-order valence-electron chi connectivity index (χ3n) is 3.19. The van der Waals surface area contributed by atoms with Crippen molar-refractivity contribution < 1.29 is 4.74 Å². The van der Waals surface area contributed by atoms with E-state index in [1.165, 1.54) is 0 Å². The number of methoxy groups -OCH3 is 1. The van der Waals surface area contributed by atoms with Gasteiger partial charge in [0.1, 0.15) is 0 Å². The van der Waals surface area contributed by atoms with Crippen molar-refractivity contribution in [3.05, 3.63) is 11.9 Å². The number of aryl methyl sites for hydroxylation is 1. The minimum atomic E-state index is -0.158. The molecular formula is C13H26N4O. The Morgan fingerprint density at radius 1 is 1.44 bits per heavy atom. The molecule has 0 saturated heterocycles. The van der Waals surface area contributed by atoms with E-state index >= 15 is 0 Å². The van der Waals surface area contributed by atoms with Gasteiger partial charge in [-0.3, -0.25) is 0 Å². The van der Waals surface area contributed by atoms with Gasteiger partial charge in [-0.25, -0.2) is 4.68 Å². The predicted octanol–water partition coefficient (Wildman–Crippen LogP) is 2.15. The summed E-state index contributed by atoms with van der Waals surface area (Å²) in [5.74, 6) is 0. The van der Waals surface area contributed by atoms with Crippen LogP contribution in [0.1, 0.15) is 52.3 Å². The molecule has 5 heteroatoms. The van der Waals surface area contributed by atoms with E-state index in [4.69, 9.17) is 4.74 Å². The number of hydrogen-bond donors (Lipinski definition) is 1. The van der Waals surface area contributed by atoms with Crippen molar-refractivity contribution in [3.8, 4) is 0 Å². The number of nitrogens with zero attached hydrogens (tertiary/aromatic N) is 3. The maximum Gasteiger partial charge on any atom is 0.0757 e. The summed E-state index contributed by atoms with van der Waals surface area (Å²) in [6.07, 6.45) is 3.86. The maximum atomic E-state index is 5.53. The van der Waals surface area contributed by atoms with Gasteiger partial charge in [-0.1, -0.05) is 12.1 Å². The van der Waals surface area contributed by atoms with Gasteiger partial charge in [0.05, 0.1) is 23.5 Å². The first-order chi connectivity index (χ1) is 8.54. The molecule has 0 amide bonds. The van der Waals surface area contributed by atoms with Gasteiger partial charge >= 0.3 is 0 Å². The van der Waals surface area contributed by atoms with Crippen molar-refractivity contribution in [2.75, 3.05) is 13.7 Å². The Hall–Kier alpha value is -0.940. The van der Waals surface area contributed by atoms with E-state index in [-0.39, 0.29) is 11.6 Å². The van der Waals surface area contributed by atoms with Crippen LogP contribution in [0.3, 0.4) is 0 Å². The minimum Gasteiger partial charge on any atom is -0.379 e. The second-order valence-corrected chi connectivity index (χ2v) is 5.15. The summed E-state index contributed by atoms with van der Waals surface area (Å²) in [5, 5.41) is 11.7. The zero-order chi connectivity index (χ0) is 13.6. The van der Waals surface area contributed by atoms with Gasteiger partial charge in [0.25, 0.3) is 0 Å². The van der Waals surface area contributed by atoms with Crippen LogP contribution >= 0.6 is 0 Å². The zero-order valence-corrected chi connectivity index (χ0v) is 12.2. The molecule has 104 valence electrons. The average molecular weight is 254 g/mol. The first-order valence-corrected chi connectivity index (χ1v) is 6.71. The van der Waals surface area contributed by atoms with Crippen LogP contribution in [0.2, 0.25) is 0 Å². The Morgan fingerprint density at radius 2 is 2.17 bits per heavy atom. The molecule has 5 nitrogen and oxygen atoms in total. The molecule has 0 saturated carbocycles. The van der Waals surface area contributed by atoms with Crippen molar-refractivity contribution >= 4 is 0 Å². The highest BCUT2D eigenvalue weighted by Crippen LogP contribution is 2.25. The second kappa shape index (κ2) is 6.85. The van der Waals surface area contributed by atoms with E-state index in [0.29, 0.717) is 0 Å². The fourth-order valence-electron chi connectivity index (χ4n) is 1.96. The van der Waals surface area contributed by atoms with Gasteiger partial charge < -0.3 is 10.1 Å². The van der Waals surface area contributed by atoms with Crippen molar-refractivity contribution in [1.29, 1.82) is 0 Å². The molecule has 18 heavy (non-hydrogen) atoms. The van der Waals surface area contributed by atoms with Crippen molar-refractivity contribution in [3.63, 3.8) is 0 Å². The van der Waals surface area contributed by atoms with Crippen LogP contribution in [0, 0.1) is 0 Å². The summed E-state index contributed by atoms with van der Waals surface area (Å²) in [5.41, 5.74) is 0.977. The third kappa shape index (κ3) is 4.07. The number of aromatic nitrogens is 3. The van der Waals surface area contributed by atoms with Crippen LogP contribution in [0.4, 0.5) is 0 Å². The van der Waals surface area contributed by atoms with Crippen molar-refractivity contribution in [2.45, 2.75) is 58.7 Å². The summed E-state index contributed by atoms with van der Waals surface area (Å²) in [6.45, 7) is 10.3. The van der Waals surface area contributed by atoms with Crippen LogP contribution < -0.4 is 5.32 Å². The molecule has 1 rings (SSSR count). The smallest absolute Gasteiger partial charge is 0.0757 e. The van der Waals surface area contributed by atoms with E-state index in [1.54, 1.807) is 7.11 Å². The van der Waals surface area contributed by atoms with Crippen LogP contribution in [-0.4, -0.2) is 34.2 Å². The van der Waals surface area contributed by atoms with E-state index in [0.717, 1.165) is 31.6 Å². The van der Waals surface area contributed by atoms with E-state index < -0.39 is 0 Å². The number of ether oxygens (including phenoxy) is 1. The standard InChI is InChI=1S/C13H26N4O/c1-6-8-14-11(9-13(3,4)18-5)12-10-15-16-17(12)7-2/h10-11,14H,6-9H2,1-5H3. The predicted molar refractivity (Wildman–Crippen MR) is 72.4 cm³/mol. The third-order valence-corrected chi connectivity index (χ3v) is 3.19. The molecule has 1 aromatic rings. The lowest BCUT2D eigenvalue weighted by molar-refractivity contribution is 0.00614. The summed E-state index contributed by atoms with van der Waals surface area (Å²) >= 11 is 0. The topological polar surface area (TPSA) is 52.0 Å². The Kier molecular flexibility index (Phi) is 5.75. The van der Waals surface area contributed by atoms with Crippen LogP contribution in [0.15, 0.2) is 6.20 Å². The summed E-state index contributed by atoms with van der Waals surface area (Å²) in [7, 11) is 1.76.